The minimum Gasteiger partial charge on any atom is -0.465 e. The summed E-state index contributed by atoms with van der Waals surface area (Å²) in [6.07, 6.45) is 0. The van der Waals surface area contributed by atoms with Crippen LogP contribution in [0.25, 0.3) is 0 Å². The fourth-order valence-electron chi connectivity index (χ4n) is 4.45. The summed E-state index contributed by atoms with van der Waals surface area (Å²) < 4.78 is 30.6. The predicted molar refractivity (Wildman–Crippen MR) is 106 cm³/mol. The zero-order chi connectivity index (χ0) is 19.2. The van der Waals surface area contributed by atoms with Crippen molar-refractivity contribution >= 4 is 9.84 Å². The molecule has 6 heteroatoms. The molecule has 27 heavy (non-hydrogen) atoms. The van der Waals surface area contributed by atoms with Crippen molar-refractivity contribution in [1.29, 1.82) is 0 Å². The van der Waals surface area contributed by atoms with E-state index in [-0.39, 0.29) is 23.6 Å². The van der Waals surface area contributed by atoms with Gasteiger partial charge in [0, 0.05) is 31.7 Å². The van der Waals surface area contributed by atoms with Gasteiger partial charge in [-0.05, 0) is 44.0 Å². The van der Waals surface area contributed by atoms with Crippen LogP contribution < -0.4 is 0 Å². The maximum absolute atomic E-state index is 12.4. The Balaban J connectivity index is 1.55. The van der Waals surface area contributed by atoms with Crippen LogP contribution in [-0.2, 0) is 22.9 Å². The Morgan fingerprint density at radius 3 is 2.26 bits per heavy atom. The van der Waals surface area contributed by atoms with Crippen LogP contribution in [0.1, 0.15) is 28.2 Å². The van der Waals surface area contributed by atoms with Crippen LogP contribution in [0.3, 0.4) is 0 Å². The second-order valence-electron chi connectivity index (χ2n) is 8.09. The van der Waals surface area contributed by atoms with E-state index in [0.717, 1.165) is 31.2 Å². The topological polar surface area (TPSA) is 53.8 Å². The lowest BCUT2D eigenvalue weighted by Gasteiger charge is -2.43. The highest BCUT2D eigenvalue weighted by Gasteiger charge is 2.46. The third-order valence-electron chi connectivity index (χ3n) is 5.94. The van der Waals surface area contributed by atoms with E-state index in [1.807, 2.05) is 19.1 Å². The van der Waals surface area contributed by atoms with Crippen LogP contribution >= 0.6 is 0 Å². The molecule has 146 valence electrons. The second kappa shape index (κ2) is 7.08. The summed E-state index contributed by atoms with van der Waals surface area (Å²) in [6.45, 7) is 9.42. The van der Waals surface area contributed by atoms with Crippen LogP contribution in [0.4, 0.5) is 0 Å². The molecule has 2 aliphatic rings. The van der Waals surface area contributed by atoms with Gasteiger partial charge >= 0.3 is 0 Å². The molecular formula is C21H28N2O3S. The first-order valence-electron chi connectivity index (χ1n) is 9.61. The van der Waals surface area contributed by atoms with Crippen LogP contribution in [0, 0.1) is 20.8 Å². The highest BCUT2D eigenvalue weighted by Crippen LogP contribution is 2.30. The monoisotopic (exact) mass is 388 g/mol. The van der Waals surface area contributed by atoms with Gasteiger partial charge in [-0.2, -0.15) is 0 Å². The van der Waals surface area contributed by atoms with Gasteiger partial charge in [0.15, 0.2) is 9.84 Å². The molecule has 2 atom stereocenters. The molecule has 1 aromatic heterocycles. The summed E-state index contributed by atoms with van der Waals surface area (Å²) in [5, 5.41) is 0. The lowest BCUT2D eigenvalue weighted by molar-refractivity contribution is 0.0315. The molecule has 4 rings (SSSR count). The van der Waals surface area contributed by atoms with Crippen molar-refractivity contribution in [2.24, 2.45) is 0 Å². The summed E-state index contributed by atoms with van der Waals surface area (Å²) in [7, 11) is -3.01. The molecule has 0 N–H and O–H groups in total. The van der Waals surface area contributed by atoms with Crippen molar-refractivity contribution in [3.05, 3.63) is 58.5 Å². The molecule has 0 bridgehead atoms. The van der Waals surface area contributed by atoms with Gasteiger partial charge in [-0.3, -0.25) is 9.80 Å². The van der Waals surface area contributed by atoms with Gasteiger partial charge in [-0.25, -0.2) is 8.42 Å². The number of hydrogen-bond acceptors (Lipinski definition) is 5. The number of piperazine rings is 1. The van der Waals surface area contributed by atoms with E-state index < -0.39 is 9.84 Å². The van der Waals surface area contributed by atoms with Gasteiger partial charge in [0.25, 0.3) is 0 Å². The SMILES string of the molecule is Cc1ccc(C)c(CN2CCN(Cc3ccc(C)o3)C3CS(=O)(=O)CC32)c1. The second-order valence-corrected chi connectivity index (χ2v) is 10.2. The summed E-state index contributed by atoms with van der Waals surface area (Å²) >= 11 is 0. The number of nitrogens with zero attached hydrogens (tertiary/aromatic N) is 2. The third-order valence-corrected chi connectivity index (χ3v) is 7.64. The van der Waals surface area contributed by atoms with Crippen molar-refractivity contribution in [3.63, 3.8) is 0 Å². The van der Waals surface area contributed by atoms with E-state index in [9.17, 15) is 8.42 Å². The van der Waals surface area contributed by atoms with Gasteiger partial charge in [0.2, 0.25) is 0 Å². The van der Waals surface area contributed by atoms with E-state index in [0.29, 0.717) is 6.54 Å². The molecule has 2 aliphatic heterocycles. The zero-order valence-electron chi connectivity index (χ0n) is 16.3. The molecule has 0 radical (unpaired) electrons. The molecule has 0 saturated carbocycles. The smallest absolute Gasteiger partial charge is 0.153 e. The summed E-state index contributed by atoms with van der Waals surface area (Å²) in [5.74, 6) is 2.32. The van der Waals surface area contributed by atoms with Crippen LogP contribution in [0.2, 0.25) is 0 Å². The predicted octanol–water partition coefficient (Wildman–Crippen LogP) is 2.69. The van der Waals surface area contributed by atoms with Crippen LogP contribution in [0.15, 0.2) is 34.7 Å². The minimum absolute atomic E-state index is 0.0410. The molecule has 0 aliphatic carbocycles. The number of hydrogen-bond donors (Lipinski definition) is 0. The summed E-state index contributed by atoms with van der Waals surface area (Å²) in [5.41, 5.74) is 3.82. The normalized spacial score (nSPS) is 25.6. The Hall–Kier alpha value is -1.63. The fourth-order valence-corrected chi connectivity index (χ4v) is 6.49. The number of aryl methyl sites for hydroxylation is 3. The van der Waals surface area contributed by atoms with E-state index in [4.69, 9.17) is 4.42 Å². The molecule has 2 fully saturated rings. The van der Waals surface area contributed by atoms with Crippen molar-refractivity contribution in [2.75, 3.05) is 24.6 Å². The van der Waals surface area contributed by atoms with Crippen LogP contribution in [-0.4, -0.2) is 54.9 Å². The summed E-state index contributed by atoms with van der Waals surface area (Å²) in [6, 6.07) is 10.6. The molecular weight excluding hydrogens is 360 g/mol. The largest absolute Gasteiger partial charge is 0.465 e. The maximum Gasteiger partial charge on any atom is 0.153 e. The van der Waals surface area contributed by atoms with E-state index in [1.54, 1.807) is 0 Å². The number of fused-ring (bicyclic) bond motifs is 1. The molecule has 2 unspecified atom stereocenters. The van der Waals surface area contributed by atoms with Crippen molar-refractivity contribution in [2.45, 2.75) is 45.9 Å². The molecule has 0 spiro atoms. The molecule has 2 aromatic rings. The number of rotatable bonds is 4. The number of benzene rings is 1. The standard InChI is InChI=1S/C21H28N2O3S/c1-15-4-5-16(2)18(10-15)11-22-8-9-23(12-19-7-6-17(3)26-19)21-14-27(24,25)13-20(21)22/h4-7,10,20-21H,8-9,11-14H2,1-3H3. The quantitative estimate of drug-likeness (QED) is 0.806. The molecule has 5 nitrogen and oxygen atoms in total. The molecule has 3 heterocycles. The van der Waals surface area contributed by atoms with Crippen molar-refractivity contribution in [1.82, 2.24) is 9.80 Å². The van der Waals surface area contributed by atoms with Gasteiger partial charge < -0.3 is 4.42 Å². The minimum atomic E-state index is -3.01. The average Bonchev–Trinajstić information content (AvgIpc) is 3.15. The number of furan rings is 1. The Kier molecular flexibility index (Phi) is 4.91. The summed E-state index contributed by atoms with van der Waals surface area (Å²) in [4.78, 5) is 4.67. The van der Waals surface area contributed by atoms with Crippen molar-refractivity contribution < 1.29 is 12.8 Å². The van der Waals surface area contributed by atoms with Gasteiger partial charge in [-0.15, -0.1) is 0 Å². The highest BCUT2D eigenvalue weighted by atomic mass is 32.2. The maximum atomic E-state index is 12.4. The first-order chi connectivity index (χ1) is 12.8. The molecule has 1 aromatic carbocycles. The Morgan fingerprint density at radius 2 is 1.63 bits per heavy atom. The van der Waals surface area contributed by atoms with E-state index >= 15 is 0 Å². The zero-order valence-corrected chi connectivity index (χ0v) is 17.1. The van der Waals surface area contributed by atoms with Crippen LogP contribution in [0.5, 0.6) is 0 Å². The Bertz CT molecular complexity index is 935. The van der Waals surface area contributed by atoms with Crippen molar-refractivity contribution in [3.8, 4) is 0 Å². The first kappa shape index (κ1) is 18.7. The molecule has 0 amide bonds. The fraction of sp³-hybridized carbons (Fsp3) is 0.524. The van der Waals surface area contributed by atoms with Gasteiger partial charge in [0.1, 0.15) is 11.5 Å². The lowest BCUT2D eigenvalue weighted by Crippen LogP contribution is -2.58. The van der Waals surface area contributed by atoms with E-state index in [1.165, 1.54) is 16.7 Å². The Labute approximate surface area is 161 Å². The number of sulfone groups is 1. The lowest BCUT2D eigenvalue weighted by atomic mass is 10.0. The average molecular weight is 389 g/mol. The van der Waals surface area contributed by atoms with E-state index in [2.05, 4.69) is 41.8 Å². The van der Waals surface area contributed by atoms with Gasteiger partial charge in [-0.1, -0.05) is 23.8 Å². The highest BCUT2D eigenvalue weighted by molar-refractivity contribution is 7.91. The first-order valence-corrected chi connectivity index (χ1v) is 11.4. The third kappa shape index (κ3) is 3.98. The van der Waals surface area contributed by atoms with Gasteiger partial charge in [0.05, 0.1) is 18.1 Å². The Morgan fingerprint density at radius 1 is 0.963 bits per heavy atom. The molecule has 2 saturated heterocycles.